The van der Waals surface area contributed by atoms with Crippen LogP contribution in [-0.4, -0.2) is 36.1 Å². The molecule has 25 heavy (non-hydrogen) atoms. The molecule has 0 radical (unpaired) electrons. The molecule has 1 fully saturated rings. The van der Waals surface area contributed by atoms with Crippen molar-refractivity contribution in [3.05, 3.63) is 52.3 Å². The average molecular weight is 377 g/mol. The summed E-state index contributed by atoms with van der Waals surface area (Å²) in [5.74, 6) is 0.256. The summed E-state index contributed by atoms with van der Waals surface area (Å²) < 4.78 is 13.7. The van der Waals surface area contributed by atoms with E-state index in [1.807, 2.05) is 6.07 Å². The van der Waals surface area contributed by atoms with Gasteiger partial charge in [0.05, 0.1) is 16.2 Å². The molecule has 1 aromatic heterocycles. The maximum atomic E-state index is 13.7. The molecule has 0 spiro atoms. The highest BCUT2D eigenvalue weighted by atomic mass is 35.5. The van der Waals surface area contributed by atoms with E-state index in [0.717, 1.165) is 37.1 Å². The molecule has 1 N–H and O–H groups in total. The van der Waals surface area contributed by atoms with Gasteiger partial charge in [0.25, 0.3) is 0 Å². The molecule has 4 nitrogen and oxygen atoms in total. The van der Waals surface area contributed by atoms with Crippen LogP contribution in [0.1, 0.15) is 0 Å². The van der Waals surface area contributed by atoms with Crippen LogP contribution in [0, 0.1) is 5.82 Å². The number of rotatable bonds is 2. The van der Waals surface area contributed by atoms with Gasteiger partial charge < -0.3 is 10.2 Å². The molecule has 1 aliphatic heterocycles. The van der Waals surface area contributed by atoms with E-state index >= 15 is 0 Å². The summed E-state index contributed by atoms with van der Waals surface area (Å²) in [6, 6.07) is 9.80. The molecule has 7 heteroatoms. The Labute approximate surface area is 154 Å². The van der Waals surface area contributed by atoms with Gasteiger partial charge in [-0.2, -0.15) is 0 Å². The van der Waals surface area contributed by atoms with Gasteiger partial charge in [-0.1, -0.05) is 23.2 Å². The van der Waals surface area contributed by atoms with Crippen molar-refractivity contribution in [1.29, 1.82) is 0 Å². The molecule has 0 aliphatic carbocycles. The Hall–Kier alpha value is -1.95. The minimum atomic E-state index is -0.328. The van der Waals surface area contributed by atoms with Gasteiger partial charge in [-0.3, -0.25) is 0 Å². The van der Waals surface area contributed by atoms with Gasteiger partial charge in [-0.15, -0.1) is 0 Å². The third-order valence-electron chi connectivity index (χ3n) is 4.23. The number of nitrogens with one attached hydrogen (secondary N) is 1. The van der Waals surface area contributed by atoms with Crippen molar-refractivity contribution in [2.75, 3.05) is 31.1 Å². The van der Waals surface area contributed by atoms with Gasteiger partial charge in [-0.05, 0) is 30.3 Å². The summed E-state index contributed by atoms with van der Waals surface area (Å²) in [5, 5.41) is 5.11. The minimum absolute atomic E-state index is 0.328. The van der Waals surface area contributed by atoms with Crippen molar-refractivity contribution < 1.29 is 4.39 Å². The van der Waals surface area contributed by atoms with E-state index < -0.39 is 0 Å². The van der Waals surface area contributed by atoms with Crippen molar-refractivity contribution in [2.45, 2.75) is 0 Å². The quantitative estimate of drug-likeness (QED) is 0.729. The van der Waals surface area contributed by atoms with Gasteiger partial charge in [0.2, 0.25) is 5.95 Å². The molecule has 3 aromatic rings. The first-order chi connectivity index (χ1) is 12.1. The molecule has 2 aromatic carbocycles. The van der Waals surface area contributed by atoms with Crippen LogP contribution in [0.5, 0.6) is 0 Å². The average Bonchev–Trinajstić information content (AvgIpc) is 2.61. The van der Waals surface area contributed by atoms with Crippen LogP contribution in [0.15, 0.2) is 36.4 Å². The van der Waals surface area contributed by atoms with Gasteiger partial charge in [0.15, 0.2) is 0 Å². The Morgan fingerprint density at radius 1 is 1.00 bits per heavy atom. The third-order valence-corrected chi connectivity index (χ3v) is 4.78. The number of benzene rings is 2. The Balaban J connectivity index is 1.94. The van der Waals surface area contributed by atoms with Crippen LogP contribution in [-0.2, 0) is 0 Å². The molecule has 128 valence electrons. The first kappa shape index (κ1) is 16.5. The van der Waals surface area contributed by atoms with Gasteiger partial charge in [0.1, 0.15) is 5.82 Å². The number of aromatic nitrogens is 2. The van der Waals surface area contributed by atoms with Gasteiger partial charge >= 0.3 is 0 Å². The summed E-state index contributed by atoms with van der Waals surface area (Å²) in [7, 11) is 0. The maximum absolute atomic E-state index is 13.7. The normalized spacial score (nSPS) is 14.9. The fraction of sp³-hybridized carbons (Fsp3) is 0.222. The molecule has 4 rings (SSSR count). The van der Waals surface area contributed by atoms with Gasteiger partial charge in [0, 0.05) is 48.2 Å². The van der Waals surface area contributed by atoms with Crippen LogP contribution >= 0.6 is 23.2 Å². The van der Waals surface area contributed by atoms with Crippen LogP contribution in [0.25, 0.3) is 22.2 Å². The lowest BCUT2D eigenvalue weighted by Gasteiger charge is -2.28. The number of hydrogen-bond acceptors (Lipinski definition) is 4. The molecule has 0 amide bonds. The molecule has 1 aliphatic rings. The van der Waals surface area contributed by atoms with Crippen LogP contribution in [0.3, 0.4) is 0 Å². The van der Waals surface area contributed by atoms with E-state index in [4.69, 9.17) is 28.2 Å². The zero-order valence-electron chi connectivity index (χ0n) is 13.3. The van der Waals surface area contributed by atoms with Crippen LogP contribution < -0.4 is 10.2 Å². The molecular formula is C18H15Cl2FN4. The first-order valence-electron chi connectivity index (χ1n) is 8.00. The molecule has 0 bridgehead atoms. The third kappa shape index (κ3) is 3.27. The van der Waals surface area contributed by atoms with Crippen molar-refractivity contribution in [1.82, 2.24) is 15.3 Å². The molecule has 1 saturated heterocycles. The number of piperazine rings is 1. The summed E-state index contributed by atoms with van der Waals surface area (Å²) in [6.07, 6.45) is 0. The number of anilines is 1. The highest BCUT2D eigenvalue weighted by molar-refractivity contribution is 6.36. The highest BCUT2D eigenvalue weighted by Gasteiger charge is 2.18. The second kappa shape index (κ2) is 6.75. The summed E-state index contributed by atoms with van der Waals surface area (Å²) in [4.78, 5) is 11.4. The monoisotopic (exact) mass is 376 g/mol. The molecular weight excluding hydrogens is 362 g/mol. The van der Waals surface area contributed by atoms with E-state index in [1.165, 1.54) is 12.1 Å². The largest absolute Gasteiger partial charge is 0.338 e. The van der Waals surface area contributed by atoms with Crippen molar-refractivity contribution in [3.63, 3.8) is 0 Å². The lowest BCUT2D eigenvalue weighted by molar-refractivity contribution is 0.580. The standard InChI is InChI=1S/C18H15Cl2FN4/c19-11-1-3-13(15(20)9-11)17-14-4-2-12(21)10-16(14)23-18(24-17)25-7-5-22-6-8-25/h1-4,9-10,22H,5-8H2. The van der Waals surface area contributed by atoms with E-state index in [-0.39, 0.29) is 5.82 Å². The molecule has 0 atom stereocenters. The Morgan fingerprint density at radius 3 is 2.56 bits per heavy atom. The second-order valence-corrected chi connectivity index (χ2v) is 6.74. The van der Waals surface area contributed by atoms with Crippen molar-refractivity contribution in [3.8, 4) is 11.3 Å². The van der Waals surface area contributed by atoms with E-state index in [2.05, 4.69) is 15.2 Å². The van der Waals surface area contributed by atoms with E-state index in [0.29, 0.717) is 27.2 Å². The fourth-order valence-corrected chi connectivity index (χ4v) is 3.48. The minimum Gasteiger partial charge on any atom is -0.338 e. The lowest BCUT2D eigenvalue weighted by atomic mass is 10.1. The number of halogens is 3. The Bertz CT molecular complexity index is 942. The fourth-order valence-electron chi connectivity index (χ4n) is 2.98. The number of fused-ring (bicyclic) bond motifs is 1. The Kier molecular flexibility index (Phi) is 4.46. The summed E-state index contributed by atoms with van der Waals surface area (Å²) >= 11 is 12.4. The van der Waals surface area contributed by atoms with Crippen LogP contribution in [0.2, 0.25) is 10.0 Å². The predicted octanol–water partition coefficient (Wildman–Crippen LogP) is 4.15. The summed E-state index contributed by atoms with van der Waals surface area (Å²) in [6.45, 7) is 3.33. The lowest BCUT2D eigenvalue weighted by Crippen LogP contribution is -2.44. The predicted molar refractivity (Wildman–Crippen MR) is 100 cm³/mol. The number of nitrogens with zero attached hydrogens (tertiary/aromatic N) is 3. The van der Waals surface area contributed by atoms with Gasteiger partial charge in [-0.25, -0.2) is 14.4 Å². The highest BCUT2D eigenvalue weighted by Crippen LogP contribution is 2.34. The molecule has 0 unspecified atom stereocenters. The van der Waals surface area contributed by atoms with Crippen molar-refractivity contribution >= 4 is 40.1 Å². The zero-order valence-corrected chi connectivity index (χ0v) is 14.8. The second-order valence-electron chi connectivity index (χ2n) is 5.89. The van der Waals surface area contributed by atoms with E-state index in [9.17, 15) is 4.39 Å². The number of hydrogen-bond donors (Lipinski definition) is 1. The van der Waals surface area contributed by atoms with Crippen LogP contribution in [0.4, 0.5) is 10.3 Å². The Morgan fingerprint density at radius 2 is 1.80 bits per heavy atom. The first-order valence-corrected chi connectivity index (χ1v) is 8.76. The SMILES string of the molecule is Fc1ccc2c(-c3ccc(Cl)cc3Cl)nc(N3CCNCC3)nc2c1. The topological polar surface area (TPSA) is 41.1 Å². The maximum Gasteiger partial charge on any atom is 0.226 e. The van der Waals surface area contributed by atoms with Crippen molar-refractivity contribution in [2.24, 2.45) is 0 Å². The summed E-state index contributed by atoms with van der Waals surface area (Å²) in [5.41, 5.74) is 1.99. The zero-order chi connectivity index (χ0) is 17.4. The molecule has 2 heterocycles. The van der Waals surface area contributed by atoms with E-state index in [1.54, 1.807) is 18.2 Å². The smallest absolute Gasteiger partial charge is 0.226 e. The molecule has 0 saturated carbocycles.